The van der Waals surface area contributed by atoms with Gasteiger partial charge in [-0.3, -0.25) is 10.3 Å². The fourth-order valence-corrected chi connectivity index (χ4v) is 3.63. The molecule has 132 valence electrons. The number of hydrogen-bond donors (Lipinski definition) is 2. The maximum absolute atomic E-state index is 9.21. The number of thiol groups is 1. The third kappa shape index (κ3) is 4.31. The van der Waals surface area contributed by atoms with Crippen LogP contribution in [-0.2, 0) is 0 Å². The number of thiazole rings is 1. The van der Waals surface area contributed by atoms with Crippen LogP contribution in [0.5, 0.6) is 0 Å². The topological polar surface area (TPSA) is 77.2 Å². The van der Waals surface area contributed by atoms with Gasteiger partial charge in [0.1, 0.15) is 4.34 Å². The molecule has 0 saturated heterocycles. The SMILES string of the molecule is CCCCN(C(=Nc1cccnc1)NC#N)c1ccc2nc(S)sc2c1. The second-order valence-corrected chi connectivity index (χ2v) is 7.29. The van der Waals surface area contributed by atoms with Crippen LogP contribution >= 0.6 is 24.0 Å². The highest BCUT2D eigenvalue weighted by Crippen LogP contribution is 2.29. The quantitative estimate of drug-likeness (QED) is 0.226. The summed E-state index contributed by atoms with van der Waals surface area (Å²) >= 11 is 5.86. The predicted molar refractivity (Wildman–Crippen MR) is 109 cm³/mol. The molecule has 0 unspecified atom stereocenters. The lowest BCUT2D eigenvalue weighted by Crippen LogP contribution is -2.40. The maximum atomic E-state index is 9.21. The number of anilines is 1. The zero-order valence-corrected chi connectivity index (χ0v) is 16.0. The van der Waals surface area contributed by atoms with E-state index in [1.807, 2.05) is 35.4 Å². The number of rotatable bonds is 5. The fraction of sp³-hybridized carbons (Fsp3) is 0.222. The minimum atomic E-state index is 0.476. The van der Waals surface area contributed by atoms with Crippen LogP contribution in [0.1, 0.15) is 19.8 Å². The van der Waals surface area contributed by atoms with Crippen molar-refractivity contribution in [1.29, 1.82) is 5.26 Å². The number of aromatic nitrogens is 2. The molecule has 3 aromatic rings. The van der Waals surface area contributed by atoms with Gasteiger partial charge in [-0.25, -0.2) is 9.98 Å². The number of aliphatic imine (C=N–C) groups is 1. The third-order valence-corrected chi connectivity index (χ3v) is 4.91. The Morgan fingerprint density at radius 1 is 1.42 bits per heavy atom. The van der Waals surface area contributed by atoms with Gasteiger partial charge in [-0.1, -0.05) is 13.3 Å². The van der Waals surface area contributed by atoms with Gasteiger partial charge in [0.2, 0.25) is 5.96 Å². The van der Waals surface area contributed by atoms with Crippen molar-refractivity contribution < 1.29 is 0 Å². The molecule has 0 bridgehead atoms. The van der Waals surface area contributed by atoms with Crippen molar-refractivity contribution in [3.05, 3.63) is 42.7 Å². The van der Waals surface area contributed by atoms with E-state index in [2.05, 4.69) is 45.9 Å². The summed E-state index contributed by atoms with van der Waals surface area (Å²) in [5.41, 5.74) is 2.55. The normalized spacial score (nSPS) is 11.3. The lowest BCUT2D eigenvalue weighted by molar-refractivity contribution is 0.789. The standard InChI is InChI=1S/C18H18N6S2/c1-2-3-9-24(14-6-7-15-16(10-14)26-18(25)23-15)17(21-12-19)22-13-5-4-8-20-11-13/h4-8,10-11H,2-3,9H2,1H3,(H,21,22)(H,23,25). The second-order valence-electron chi connectivity index (χ2n) is 5.54. The average Bonchev–Trinajstić information content (AvgIpc) is 3.02. The number of hydrogen-bond acceptors (Lipinski definition) is 6. The van der Waals surface area contributed by atoms with Gasteiger partial charge in [-0.15, -0.1) is 24.0 Å². The molecule has 0 aliphatic heterocycles. The predicted octanol–water partition coefficient (Wildman–Crippen LogP) is 4.34. The Kier molecular flexibility index (Phi) is 6.04. The molecule has 0 aliphatic rings. The van der Waals surface area contributed by atoms with E-state index in [1.165, 1.54) is 11.3 Å². The number of nitrogens with one attached hydrogen (secondary N) is 1. The van der Waals surface area contributed by atoms with Crippen LogP contribution < -0.4 is 10.2 Å². The van der Waals surface area contributed by atoms with Gasteiger partial charge in [0.15, 0.2) is 6.19 Å². The zero-order chi connectivity index (χ0) is 18.4. The molecule has 2 aromatic heterocycles. The zero-order valence-electron chi connectivity index (χ0n) is 14.3. The summed E-state index contributed by atoms with van der Waals surface area (Å²) in [6.45, 7) is 2.87. The molecule has 6 nitrogen and oxygen atoms in total. The molecule has 1 aromatic carbocycles. The smallest absolute Gasteiger partial charge is 0.217 e. The molecule has 1 N–H and O–H groups in total. The van der Waals surface area contributed by atoms with Crippen LogP contribution in [0, 0.1) is 11.5 Å². The highest BCUT2D eigenvalue weighted by atomic mass is 32.2. The van der Waals surface area contributed by atoms with Gasteiger partial charge in [-0.05, 0) is 36.8 Å². The summed E-state index contributed by atoms with van der Waals surface area (Å²) in [4.78, 5) is 15.1. The van der Waals surface area contributed by atoms with E-state index in [0.717, 1.165) is 39.6 Å². The lowest BCUT2D eigenvalue weighted by Gasteiger charge is -2.25. The van der Waals surface area contributed by atoms with E-state index in [1.54, 1.807) is 12.4 Å². The maximum Gasteiger partial charge on any atom is 0.217 e. The summed E-state index contributed by atoms with van der Waals surface area (Å²) < 4.78 is 1.78. The van der Waals surface area contributed by atoms with E-state index in [4.69, 9.17) is 0 Å². The first-order valence-electron chi connectivity index (χ1n) is 8.22. The second kappa shape index (κ2) is 8.65. The van der Waals surface area contributed by atoms with E-state index in [0.29, 0.717) is 11.6 Å². The Balaban J connectivity index is 2.03. The Hall–Kier alpha value is -2.63. The minimum absolute atomic E-state index is 0.476. The molecule has 2 heterocycles. The molecule has 0 aliphatic carbocycles. The number of guanidine groups is 1. The molecule has 0 atom stereocenters. The van der Waals surface area contributed by atoms with Gasteiger partial charge >= 0.3 is 0 Å². The molecule has 0 saturated carbocycles. The third-order valence-electron chi connectivity index (χ3n) is 3.71. The van der Waals surface area contributed by atoms with Crippen molar-refractivity contribution in [2.45, 2.75) is 24.1 Å². The van der Waals surface area contributed by atoms with Crippen molar-refractivity contribution in [2.75, 3.05) is 11.4 Å². The van der Waals surface area contributed by atoms with Gasteiger partial charge in [0.05, 0.1) is 22.1 Å². The molecule has 0 amide bonds. The van der Waals surface area contributed by atoms with Crippen LogP contribution in [0.4, 0.5) is 11.4 Å². The van der Waals surface area contributed by atoms with Gasteiger partial charge in [0, 0.05) is 18.4 Å². The average molecular weight is 383 g/mol. The van der Waals surface area contributed by atoms with Gasteiger partial charge in [-0.2, -0.15) is 5.26 Å². The van der Waals surface area contributed by atoms with Crippen molar-refractivity contribution in [1.82, 2.24) is 15.3 Å². The Labute approximate surface area is 161 Å². The number of unbranched alkanes of at least 4 members (excludes halogenated alkanes) is 1. The Bertz CT molecular complexity index is 945. The van der Waals surface area contributed by atoms with E-state index in [9.17, 15) is 5.26 Å². The molecular weight excluding hydrogens is 364 g/mol. The number of pyridine rings is 1. The monoisotopic (exact) mass is 382 g/mol. The van der Waals surface area contributed by atoms with E-state index in [-0.39, 0.29) is 0 Å². The first-order valence-corrected chi connectivity index (χ1v) is 9.48. The minimum Gasteiger partial charge on any atom is -0.312 e. The molecular formula is C18H18N6S2. The number of benzene rings is 1. The van der Waals surface area contributed by atoms with Crippen LogP contribution in [-0.4, -0.2) is 22.5 Å². The van der Waals surface area contributed by atoms with Crippen molar-refractivity contribution in [2.24, 2.45) is 4.99 Å². The summed E-state index contributed by atoms with van der Waals surface area (Å²) in [6, 6.07) is 9.68. The first kappa shape index (κ1) is 18.2. The number of nitriles is 1. The van der Waals surface area contributed by atoms with Crippen molar-refractivity contribution in [3.63, 3.8) is 0 Å². The van der Waals surface area contributed by atoms with E-state index >= 15 is 0 Å². The largest absolute Gasteiger partial charge is 0.312 e. The molecule has 0 fully saturated rings. The highest BCUT2D eigenvalue weighted by Gasteiger charge is 2.15. The Morgan fingerprint density at radius 2 is 2.31 bits per heavy atom. The molecule has 3 rings (SSSR count). The van der Waals surface area contributed by atoms with Crippen molar-refractivity contribution in [3.8, 4) is 6.19 Å². The van der Waals surface area contributed by atoms with E-state index < -0.39 is 0 Å². The molecule has 0 radical (unpaired) electrons. The summed E-state index contributed by atoms with van der Waals surface area (Å²) in [5, 5.41) is 11.9. The van der Waals surface area contributed by atoms with Crippen LogP contribution in [0.3, 0.4) is 0 Å². The van der Waals surface area contributed by atoms with Gasteiger partial charge < -0.3 is 4.90 Å². The summed E-state index contributed by atoms with van der Waals surface area (Å²) in [6.07, 6.45) is 7.35. The molecule has 0 spiro atoms. The molecule has 26 heavy (non-hydrogen) atoms. The van der Waals surface area contributed by atoms with Gasteiger partial charge in [0.25, 0.3) is 0 Å². The summed E-state index contributed by atoms with van der Waals surface area (Å²) in [5.74, 6) is 0.476. The number of fused-ring (bicyclic) bond motifs is 1. The molecule has 8 heteroatoms. The fourth-order valence-electron chi connectivity index (χ4n) is 2.49. The Morgan fingerprint density at radius 3 is 3.04 bits per heavy atom. The van der Waals surface area contributed by atoms with Crippen LogP contribution in [0.15, 0.2) is 52.1 Å². The van der Waals surface area contributed by atoms with Crippen molar-refractivity contribution >= 4 is 51.5 Å². The lowest BCUT2D eigenvalue weighted by atomic mass is 10.2. The van der Waals surface area contributed by atoms with Crippen LogP contribution in [0.2, 0.25) is 0 Å². The summed E-state index contributed by atoms with van der Waals surface area (Å²) in [7, 11) is 0. The number of nitrogens with zero attached hydrogens (tertiary/aromatic N) is 5. The highest BCUT2D eigenvalue weighted by molar-refractivity contribution is 7.82. The van der Waals surface area contributed by atoms with Crippen LogP contribution in [0.25, 0.3) is 10.2 Å². The first-order chi connectivity index (χ1) is 12.7.